The van der Waals surface area contributed by atoms with Crippen molar-refractivity contribution in [1.29, 1.82) is 0 Å². The molecule has 0 spiro atoms. The quantitative estimate of drug-likeness (QED) is 0.919. The van der Waals surface area contributed by atoms with E-state index in [1.165, 1.54) is 0 Å². The minimum Gasteiger partial charge on any atom is -0.385 e. The Kier molecular flexibility index (Phi) is 4.68. The number of thiazole rings is 1. The average Bonchev–Trinajstić information content (AvgIpc) is 2.84. The molecule has 0 aromatic carbocycles. The molecule has 5 nitrogen and oxygen atoms in total. The van der Waals surface area contributed by atoms with Gasteiger partial charge in [-0.2, -0.15) is 0 Å². The standard InChI is InChI=1S/C14H18N4OS/c1-4-16-13-5-6-15-7-12(13)14(19)18(3)8-11-9-20-10(2)17-11/h5-7,9H,4,8H2,1-3H3,(H,15,16). The number of aryl methyl sites for hydroxylation is 1. The number of nitrogens with one attached hydrogen (secondary N) is 1. The van der Waals surface area contributed by atoms with Gasteiger partial charge < -0.3 is 10.2 Å². The van der Waals surface area contributed by atoms with E-state index in [-0.39, 0.29) is 5.91 Å². The summed E-state index contributed by atoms with van der Waals surface area (Å²) in [7, 11) is 1.78. The van der Waals surface area contributed by atoms with Crippen molar-refractivity contribution in [2.45, 2.75) is 20.4 Å². The Morgan fingerprint density at radius 1 is 1.50 bits per heavy atom. The van der Waals surface area contributed by atoms with E-state index in [1.54, 1.807) is 35.7 Å². The van der Waals surface area contributed by atoms with Crippen LogP contribution in [0.5, 0.6) is 0 Å². The van der Waals surface area contributed by atoms with E-state index in [0.717, 1.165) is 22.9 Å². The van der Waals surface area contributed by atoms with Gasteiger partial charge in [0.1, 0.15) is 0 Å². The van der Waals surface area contributed by atoms with E-state index < -0.39 is 0 Å². The largest absolute Gasteiger partial charge is 0.385 e. The predicted molar refractivity (Wildman–Crippen MR) is 81.0 cm³/mol. The van der Waals surface area contributed by atoms with Gasteiger partial charge in [-0.1, -0.05) is 0 Å². The predicted octanol–water partition coefficient (Wildman–Crippen LogP) is 2.55. The highest BCUT2D eigenvalue weighted by atomic mass is 32.1. The maximum atomic E-state index is 12.5. The van der Waals surface area contributed by atoms with Crippen molar-refractivity contribution in [2.75, 3.05) is 18.9 Å². The second-order valence-electron chi connectivity index (χ2n) is 4.47. The number of nitrogens with zero attached hydrogens (tertiary/aromatic N) is 3. The lowest BCUT2D eigenvalue weighted by molar-refractivity contribution is 0.0784. The molecular formula is C14H18N4OS. The number of hydrogen-bond donors (Lipinski definition) is 1. The molecule has 0 radical (unpaired) electrons. The van der Waals surface area contributed by atoms with Crippen LogP contribution in [-0.2, 0) is 6.54 Å². The first kappa shape index (κ1) is 14.5. The van der Waals surface area contributed by atoms with Gasteiger partial charge >= 0.3 is 0 Å². The molecule has 1 amide bonds. The minimum absolute atomic E-state index is 0.0558. The maximum Gasteiger partial charge on any atom is 0.257 e. The first-order valence-corrected chi connectivity index (χ1v) is 7.34. The Labute approximate surface area is 122 Å². The van der Waals surface area contributed by atoms with Crippen LogP contribution in [0.3, 0.4) is 0 Å². The zero-order chi connectivity index (χ0) is 14.5. The smallest absolute Gasteiger partial charge is 0.257 e. The molecule has 0 aliphatic rings. The fraction of sp³-hybridized carbons (Fsp3) is 0.357. The topological polar surface area (TPSA) is 58.1 Å². The van der Waals surface area contributed by atoms with Crippen molar-refractivity contribution in [3.05, 3.63) is 40.1 Å². The van der Waals surface area contributed by atoms with Gasteiger partial charge in [-0.3, -0.25) is 9.78 Å². The summed E-state index contributed by atoms with van der Waals surface area (Å²) < 4.78 is 0. The highest BCUT2D eigenvalue weighted by molar-refractivity contribution is 7.09. The molecule has 0 fully saturated rings. The Morgan fingerprint density at radius 3 is 2.95 bits per heavy atom. The lowest BCUT2D eigenvalue weighted by atomic mass is 10.2. The second kappa shape index (κ2) is 6.47. The highest BCUT2D eigenvalue weighted by Gasteiger charge is 2.16. The van der Waals surface area contributed by atoms with E-state index in [1.807, 2.05) is 25.3 Å². The number of carbonyl (C=O) groups is 1. The average molecular weight is 290 g/mol. The summed E-state index contributed by atoms with van der Waals surface area (Å²) in [5.74, 6) is -0.0558. The third-order valence-electron chi connectivity index (χ3n) is 2.83. The van der Waals surface area contributed by atoms with Crippen molar-refractivity contribution in [3.8, 4) is 0 Å². The van der Waals surface area contributed by atoms with Crippen LogP contribution in [-0.4, -0.2) is 34.4 Å². The van der Waals surface area contributed by atoms with E-state index in [4.69, 9.17) is 0 Å². The SMILES string of the molecule is CCNc1ccncc1C(=O)N(C)Cc1csc(C)n1. The van der Waals surface area contributed by atoms with Gasteiger partial charge in [-0.25, -0.2) is 4.98 Å². The van der Waals surface area contributed by atoms with Crippen molar-refractivity contribution in [3.63, 3.8) is 0 Å². The number of rotatable bonds is 5. The fourth-order valence-corrected chi connectivity index (χ4v) is 2.51. The lowest BCUT2D eigenvalue weighted by Gasteiger charge is -2.18. The minimum atomic E-state index is -0.0558. The molecule has 20 heavy (non-hydrogen) atoms. The molecule has 0 atom stereocenters. The number of amides is 1. The normalized spacial score (nSPS) is 10.3. The van der Waals surface area contributed by atoms with Gasteiger partial charge in [0.05, 0.1) is 28.5 Å². The zero-order valence-electron chi connectivity index (χ0n) is 11.9. The van der Waals surface area contributed by atoms with Gasteiger partial charge in [-0.15, -0.1) is 11.3 Å². The Balaban J connectivity index is 2.14. The zero-order valence-corrected chi connectivity index (χ0v) is 12.7. The van der Waals surface area contributed by atoms with Gasteiger partial charge in [0, 0.05) is 31.4 Å². The molecule has 2 aromatic heterocycles. The van der Waals surface area contributed by atoms with E-state index >= 15 is 0 Å². The Hall–Kier alpha value is -1.95. The number of hydrogen-bond acceptors (Lipinski definition) is 5. The van der Waals surface area contributed by atoms with Crippen molar-refractivity contribution in [1.82, 2.24) is 14.9 Å². The number of anilines is 1. The van der Waals surface area contributed by atoms with Crippen LogP contribution in [0.15, 0.2) is 23.8 Å². The van der Waals surface area contributed by atoms with Crippen LogP contribution < -0.4 is 5.32 Å². The second-order valence-corrected chi connectivity index (χ2v) is 5.53. The molecule has 0 saturated heterocycles. The molecule has 2 aromatic rings. The first-order valence-electron chi connectivity index (χ1n) is 6.46. The van der Waals surface area contributed by atoms with Crippen LogP contribution in [0.4, 0.5) is 5.69 Å². The molecule has 0 aliphatic heterocycles. The number of carbonyl (C=O) groups excluding carboxylic acids is 1. The third kappa shape index (κ3) is 3.33. The molecule has 6 heteroatoms. The molecule has 0 unspecified atom stereocenters. The molecule has 106 valence electrons. The third-order valence-corrected chi connectivity index (χ3v) is 3.65. The molecule has 2 rings (SSSR count). The number of pyridine rings is 1. The van der Waals surface area contributed by atoms with Crippen LogP contribution >= 0.6 is 11.3 Å². The van der Waals surface area contributed by atoms with E-state index in [0.29, 0.717) is 12.1 Å². The molecule has 2 heterocycles. The fourth-order valence-electron chi connectivity index (χ4n) is 1.91. The number of aromatic nitrogens is 2. The monoisotopic (exact) mass is 290 g/mol. The molecular weight excluding hydrogens is 272 g/mol. The highest BCUT2D eigenvalue weighted by Crippen LogP contribution is 2.17. The van der Waals surface area contributed by atoms with Crippen LogP contribution in [0.2, 0.25) is 0 Å². The summed E-state index contributed by atoms with van der Waals surface area (Å²) >= 11 is 1.59. The maximum absolute atomic E-state index is 12.5. The summed E-state index contributed by atoms with van der Waals surface area (Å²) in [5.41, 5.74) is 2.31. The molecule has 1 N–H and O–H groups in total. The molecule has 0 saturated carbocycles. The van der Waals surface area contributed by atoms with Gasteiger partial charge in [-0.05, 0) is 19.9 Å². The molecule has 0 bridgehead atoms. The van der Waals surface area contributed by atoms with Gasteiger partial charge in [0.25, 0.3) is 5.91 Å². The van der Waals surface area contributed by atoms with Crippen LogP contribution in [0, 0.1) is 6.92 Å². The first-order chi connectivity index (χ1) is 9.61. The van der Waals surface area contributed by atoms with E-state index in [9.17, 15) is 4.79 Å². The summed E-state index contributed by atoms with van der Waals surface area (Å²) in [4.78, 5) is 22.6. The van der Waals surface area contributed by atoms with Crippen molar-refractivity contribution in [2.24, 2.45) is 0 Å². The van der Waals surface area contributed by atoms with Gasteiger partial charge in [0.2, 0.25) is 0 Å². The van der Waals surface area contributed by atoms with Crippen molar-refractivity contribution < 1.29 is 4.79 Å². The van der Waals surface area contributed by atoms with Crippen LogP contribution in [0.25, 0.3) is 0 Å². The summed E-state index contributed by atoms with van der Waals surface area (Å²) in [6.45, 7) is 5.22. The van der Waals surface area contributed by atoms with Gasteiger partial charge in [0.15, 0.2) is 0 Å². The summed E-state index contributed by atoms with van der Waals surface area (Å²) in [6.07, 6.45) is 3.28. The van der Waals surface area contributed by atoms with E-state index in [2.05, 4.69) is 15.3 Å². The summed E-state index contributed by atoms with van der Waals surface area (Å²) in [5, 5.41) is 6.17. The Morgan fingerprint density at radius 2 is 2.30 bits per heavy atom. The summed E-state index contributed by atoms with van der Waals surface area (Å²) in [6, 6.07) is 1.82. The lowest BCUT2D eigenvalue weighted by Crippen LogP contribution is -2.27. The van der Waals surface area contributed by atoms with Crippen molar-refractivity contribution >= 4 is 22.9 Å². The van der Waals surface area contributed by atoms with Crippen LogP contribution in [0.1, 0.15) is 28.0 Å². The Bertz CT molecular complexity index is 596. The molecule has 0 aliphatic carbocycles.